The summed E-state index contributed by atoms with van der Waals surface area (Å²) in [5, 5.41) is 2.71. The third kappa shape index (κ3) is 4.92. The van der Waals surface area contributed by atoms with Crippen molar-refractivity contribution in [3.63, 3.8) is 0 Å². The molecule has 2 aromatic carbocycles. The Kier molecular flexibility index (Phi) is 6.78. The van der Waals surface area contributed by atoms with Gasteiger partial charge in [-0.25, -0.2) is 17.8 Å². The molecule has 1 aliphatic rings. The standard InChI is InChI=1S/C23H27FN4O4S/c1-3-28-21-7-6-18(33(30,31)27-10-12-32-13-11-27)15-20(21)26-22(28)8-9-23(29)25-17-5-4-16(2)19(24)14-17/h4-7,14-15H,3,8-13H2,1-2H3,(H,25,29). The molecule has 1 aromatic heterocycles. The van der Waals surface area contributed by atoms with Gasteiger partial charge in [0.25, 0.3) is 0 Å². The fourth-order valence-corrected chi connectivity index (χ4v) is 5.35. The first-order valence-corrected chi connectivity index (χ1v) is 12.4. The molecule has 0 saturated carbocycles. The number of imidazole rings is 1. The van der Waals surface area contributed by atoms with E-state index >= 15 is 0 Å². The number of aryl methyl sites for hydroxylation is 3. The number of anilines is 1. The summed E-state index contributed by atoms with van der Waals surface area (Å²) in [6, 6.07) is 9.52. The van der Waals surface area contributed by atoms with E-state index in [0.717, 1.165) is 5.52 Å². The molecule has 8 nitrogen and oxygen atoms in total. The van der Waals surface area contributed by atoms with Gasteiger partial charge in [0.05, 0.1) is 29.1 Å². The number of fused-ring (bicyclic) bond motifs is 1. The molecule has 1 aliphatic heterocycles. The van der Waals surface area contributed by atoms with Gasteiger partial charge in [0.1, 0.15) is 11.6 Å². The lowest BCUT2D eigenvalue weighted by Gasteiger charge is -2.26. The number of hydrogen-bond acceptors (Lipinski definition) is 5. The topological polar surface area (TPSA) is 93.5 Å². The van der Waals surface area contributed by atoms with Crippen molar-refractivity contribution in [3.8, 4) is 0 Å². The molecule has 0 aliphatic carbocycles. The van der Waals surface area contributed by atoms with Crippen molar-refractivity contribution in [1.82, 2.24) is 13.9 Å². The van der Waals surface area contributed by atoms with Crippen LogP contribution >= 0.6 is 0 Å². The minimum Gasteiger partial charge on any atom is -0.379 e. The SMILES string of the molecule is CCn1c(CCC(=O)Nc2ccc(C)c(F)c2)nc2cc(S(=O)(=O)N3CCOCC3)ccc21. The summed E-state index contributed by atoms with van der Waals surface area (Å²) in [5.74, 6) is 0.0746. The zero-order valence-corrected chi connectivity index (χ0v) is 19.5. The van der Waals surface area contributed by atoms with Crippen LogP contribution in [-0.4, -0.2) is 54.5 Å². The summed E-state index contributed by atoms with van der Waals surface area (Å²) in [4.78, 5) is 17.2. The van der Waals surface area contributed by atoms with E-state index in [-0.39, 0.29) is 23.0 Å². The first-order chi connectivity index (χ1) is 15.8. The van der Waals surface area contributed by atoms with E-state index in [9.17, 15) is 17.6 Å². The molecule has 0 bridgehead atoms. The van der Waals surface area contributed by atoms with Gasteiger partial charge in [0, 0.05) is 38.2 Å². The first-order valence-electron chi connectivity index (χ1n) is 10.9. The van der Waals surface area contributed by atoms with Gasteiger partial charge in [-0.05, 0) is 49.7 Å². The Bertz CT molecular complexity index is 1280. The quantitative estimate of drug-likeness (QED) is 0.568. The maximum Gasteiger partial charge on any atom is 0.243 e. The van der Waals surface area contributed by atoms with Crippen LogP contribution in [0.5, 0.6) is 0 Å². The molecular weight excluding hydrogens is 447 g/mol. The van der Waals surface area contributed by atoms with E-state index in [1.807, 2.05) is 11.5 Å². The van der Waals surface area contributed by atoms with Gasteiger partial charge in [0.15, 0.2) is 0 Å². The van der Waals surface area contributed by atoms with Gasteiger partial charge >= 0.3 is 0 Å². The van der Waals surface area contributed by atoms with Crippen LogP contribution in [0.2, 0.25) is 0 Å². The third-order valence-electron chi connectivity index (χ3n) is 5.75. The second kappa shape index (κ2) is 9.58. The van der Waals surface area contributed by atoms with Crippen molar-refractivity contribution in [2.45, 2.75) is 38.1 Å². The second-order valence-corrected chi connectivity index (χ2v) is 9.89. The molecule has 10 heteroatoms. The van der Waals surface area contributed by atoms with E-state index in [2.05, 4.69) is 10.3 Å². The molecule has 0 spiro atoms. The van der Waals surface area contributed by atoms with Crippen LogP contribution in [0.15, 0.2) is 41.3 Å². The van der Waals surface area contributed by atoms with Gasteiger partial charge in [-0.2, -0.15) is 4.31 Å². The number of benzene rings is 2. The second-order valence-electron chi connectivity index (χ2n) is 7.95. The number of aromatic nitrogens is 2. The Balaban J connectivity index is 1.51. The lowest BCUT2D eigenvalue weighted by Crippen LogP contribution is -2.40. The monoisotopic (exact) mass is 474 g/mol. The van der Waals surface area contributed by atoms with Crippen LogP contribution < -0.4 is 5.32 Å². The minimum atomic E-state index is -3.62. The highest BCUT2D eigenvalue weighted by Crippen LogP contribution is 2.24. The number of rotatable bonds is 7. The molecule has 2 heterocycles. The van der Waals surface area contributed by atoms with E-state index in [1.165, 1.54) is 10.4 Å². The van der Waals surface area contributed by atoms with Crippen LogP contribution in [0.25, 0.3) is 11.0 Å². The largest absolute Gasteiger partial charge is 0.379 e. The molecule has 1 fully saturated rings. The number of hydrogen-bond donors (Lipinski definition) is 1. The zero-order chi connectivity index (χ0) is 23.6. The Morgan fingerprint density at radius 3 is 2.64 bits per heavy atom. The molecule has 0 atom stereocenters. The highest BCUT2D eigenvalue weighted by Gasteiger charge is 2.27. The number of morpholine rings is 1. The van der Waals surface area contributed by atoms with Crippen LogP contribution in [0.1, 0.15) is 24.7 Å². The van der Waals surface area contributed by atoms with E-state index in [1.54, 1.807) is 37.3 Å². The predicted molar refractivity (Wildman–Crippen MR) is 123 cm³/mol. The van der Waals surface area contributed by atoms with Gasteiger partial charge < -0.3 is 14.6 Å². The van der Waals surface area contributed by atoms with Gasteiger partial charge in [-0.3, -0.25) is 4.79 Å². The van der Waals surface area contributed by atoms with Gasteiger partial charge in [0.2, 0.25) is 15.9 Å². The lowest BCUT2D eigenvalue weighted by molar-refractivity contribution is -0.116. The number of nitrogens with zero attached hydrogens (tertiary/aromatic N) is 3. The first kappa shape index (κ1) is 23.3. The van der Waals surface area contributed by atoms with E-state index in [0.29, 0.717) is 61.9 Å². The number of carbonyl (C=O) groups is 1. The third-order valence-corrected chi connectivity index (χ3v) is 7.65. The summed E-state index contributed by atoms with van der Waals surface area (Å²) in [5.41, 5.74) is 2.31. The van der Waals surface area contributed by atoms with E-state index in [4.69, 9.17) is 4.74 Å². The highest BCUT2D eigenvalue weighted by atomic mass is 32.2. The van der Waals surface area contributed by atoms with Crippen molar-refractivity contribution < 1.29 is 22.3 Å². The molecule has 1 N–H and O–H groups in total. The minimum absolute atomic E-state index is 0.164. The Hall–Kier alpha value is -2.82. The van der Waals surface area contributed by atoms with Crippen LogP contribution in [-0.2, 0) is 32.5 Å². The van der Waals surface area contributed by atoms with Crippen molar-refractivity contribution in [2.24, 2.45) is 0 Å². The Morgan fingerprint density at radius 2 is 1.94 bits per heavy atom. The molecule has 33 heavy (non-hydrogen) atoms. The molecule has 176 valence electrons. The normalized spacial score (nSPS) is 15.1. The van der Waals surface area contributed by atoms with E-state index < -0.39 is 10.0 Å². The molecule has 1 saturated heterocycles. The number of ether oxygens (including phenoxy) is 1. The molecule has 3 aromatic rings. The highest BCUT2D eigenvalue weighted by molar-refractivity contribution is 7.89. The fourth-order valence-electron chi connectivity index (χ4n) is 3.92. The molecule has 0 unspecified atom stereocenters. The Labute approximate surface area is 192 Å². The summed E-state index contributed by atoms with van der Waals surface area (Å²) in [7, 11) is -3.62. The number of carbonyl (C=O) groups excluding carboxylic acids is 1. The Morgan fingerprint density at radius 1 is 1.18 bits per heavy atom. The number of nitrogens with one attached hydrogen (secondary N) is 1. The smallest absolute Gasteiger partial charge is 0.243 e. The zero-order valence-electron chi connectivity index (χ0n) is 18.7. The fraction of sp³-hybridized carbons (Fsp3) is 0.391. The molecule has 1 amide bonds. The van der Waals surface area contributed by atoms with Crippen molar-refractivity contribution >= 4 is 32.7 Å². The van der Waals surface area contributed by atoms with Crippen molar-refractivity contribution in [2.75, 3.05) is 31.6 Å². The van der Waals surface area contributed by atoms with Crippen molar-refractivity contribution in [3.05, 3.63) is 53.6 Å². The average Bonchev–Trinajstić information content (AvgIpc) is 3.17. The molecular formula is C23H27FN4O4S. The molecule has 0 radical (unpaired) electrons. The van der Waals surface area contributed by atoms with Crippen LogP contribution in [0, 0.1) is 12.7 Å². The summed E-state index contributed by atoms with van der Waals surface area (Å²) < 4.78 is 48.3. The van der Waals surface area contributed by atoms with Crippen LogP contribution in [0.4, 0.5) is 10.1 Å². The number of sulfonamides is 1. The summed E-state index contributed by atoms with van der Waals surface area (Å²) in [6.07, 6.45) is 0.534. The summed E-state index contributed by atoms with van der Waals surface area (Å²) >= 11 is 0. The lowest BCUT2D eigenvalue weighted by atomic mass is 10.2. The average molecular weight is 475 g/mol. The van der Waals surface area contributed by atoms with Gasteiger partial charge in [-0.1, -0.05) is 6.07 Å². The summed E-state index contributed by atoms with van der Waals surface area (Å²) in [6.45, 7) is 5.68. The number of amides is 1. The molecule has 4 rings (SSSR count). The van der Waals surface area contributed by atoms with Crippen molar-refractivity contribution in [1.29, 1.82) is 0 Å². The van der Waals surface area contributed by atoms with Crippen LogP contribution in [0.3, 0.4) is 0 Å². The van der Waals surface area contributed by atoms with Gasteiger partial charge in [-0.15, -0.1) is 0 Å². The maximum atomic E-state index is 13.7. The predicted octanol–water partition coefficient (Wildman–Crippen LogP) is 3.10. The maximum absolute atomic E-state index is 13.7. The number of halogens is 1.